The molecule has 0 spiro atoms. The number of rotatable bonds is 3. The lowest BCUT2D eigenvalue weighted by Gasteiger charge is -2.38. The second kappa shape index (κ2) is 7.38. The highest BCUT2D eigenvalue weighted by atomic mass is 35.5. The van der Waals surface area contributed by atoms with Crippen LogP contribution in [0.4, 0.5) is 0 Å². The lowest BCUT2D eigenvalue weighted by molar-refractivity contribution is -0.0189. The van der Waals surface area contributed by atoms with E-state index in [1.165, 1.54) is 7.11 Å². The maximum absolute atomic E-state index is 11.8. The summed E-state index contributed by atoms with van der Waals surface area (Å²) in [6.07, 6.45) is 1.72. The summed E-state index contributed by atoms with van der Waals surface area (Å²) in [6.45, 7) is 0. The van der Waals surface area contributed by atoms with Gasteiger partial charge in [0.1, 0.15) is 17.2 Å². The largest absolute Gasteiger partial charge is 0.465 e. The molecule has 0 saturated carbocycles. The third-order valence-corrected chi connectivity index (χ3v) is 5.73. The van der Waals surface area contributed by atoms with Gasteiger partial charge < -0.3 is 13.9 Å². The first-order chi connectivity index (χ1) is 14.5. The second-order valence-electron chi connectivity index (χ2n) is 7.01. The van der Waals surface area contributed by atoms with Crippen LogP contribution in [0.5, 0.6) is 5.75 Å². The Bertz CT molecular complexity index is 1140. The van der Waals surface area contributed by atoms with Crippen molar-refractivity contribution in [2.45, 2.75) is 18.7 Å². The van der Waals surface area contributed by atoms with Gasteiger partial charge in [-0.15, -0.1) is 0 Å². The van der Waals surface area contributed by atoms with E-state index in [0.29, 0.717) is 33.5 Å². The Hall–Kier alpha value is -2.96. The third-order valence-electron chi connectivity index (χ3n) is 5.23. The molecule has 0 N–H and O–H groups in total. The number of esters is 1. The van der Waals surface area contributed by atoms with E-state index < -0.39 is 12.2 Å². The van der Waals surface area contributed by atoms with Gasteiger partial charge in [-0.3, -0.25) is 0 Å². The number of hydrogen-bond donors (Lipinski definition) is 0. The van der Waals surface area contributed by atoms with Crippen molar-refractivity contribution in [2.75, 3.05) is 7.11 Å². The number of carbonyl (C=O) groups is 1. The molecule has 1 aromatic heterocycles. The number of methoxy groups -OCH3 is 1. The number of halogens is 2. The number of hydrogen-bond acceptors (Lipinski definition) is 6. The molecular formula is C22H16Cl2N2O4. The zero-order valence-electron chi connectivity index (χ0n) is 15.8. The van der Waals surface area contributed by atoms with E-state index in [-0.39, 0.29) is 6.04 Å². The van der Waals surface area contributed by atoms with Crippen LogP contribution in [0.2, 0.25) is 10.0 Å². The van der Waals surface area contributed by atoms with Crippen LogP contribution in [0, 0.1) is 0 Å². The number of ether oxygens (including phenoxy) is 2. The van der Waals surface area contributed by atoms with Crippen LogP contribution in [0.3, 0.4) is 0 Å². The average Bonchev–Trinajstić information content (AvgIpc) is 3.43. The minimum atomic E-state index is -0.527. The summed E-state index contributed by atoms with van der Waals surface area (Å²) in [5, 5.41) is 7.67. The molecule has 152 valence electrons. The van der Waals surface area contributed by atoms with Crippen molar-refractivity contribution in [1.82, 2.24) is 5.01 Å². The highest BCUT2D eigenvalue weighted by molar-refractivity contribution is 6.35. The fraction of sp³-hybridized carbons (Fsp3) is 0.182. The summed E-state index contributed by atoms with van der Waals surface area (Å²) in [6, 6.07) is 14.2. The Morgan fingerprint density at radius 3 is 2.70 bits per heavy atom. The smallest absolute Gasteiger partial charge is 0.337 e. The van der Waals surface area contributed by atoms with Gasteiger partial charge >= 0.3 is 5.97 Å². The van der Waals surface area contributed by atoms with Crippen LogP contribution in [0.1, 0.15) is 45.9 Å². The van der Waals surface area contributed by atoms with Crippen LogP contribution < -0.4 is 4.74 Å². The van der Waals surface area contributed by atoms with Crippen molar-refractivity contribution < 1.29 is 18.7 Å². The van der Waals surface area contributed by atoms with Crippen molar-refractivity contribution in [3.05, 3.63) is 87.3 Å². The number of fused-ring (bicyclic) bond motifs is 3. The molecule has 5 rings (SSSR count). The molecule has 8 heteroatoms. The summed E-state index contributed by atoms with van der Waals surface area (Å²) in [7, 11) is 1.35. The van der Waals surface area contributed by atoms with Crippen molar-refractivity contribution in [1.29, 1.82) is 0 Å². The monoisotopic (exact) mass is 442 g/mol. The molecule has 6 nitrogen and oxygen atoms in total. The molecule has 0 fully saturated rings. The molecular weight excluding hydrogens is 427 g/mol. The van der Waals surface area contributed by atoms with Gasteiger partial charge in [0, 0.05) is 22.6 Å². The Balaban J connectivity index is 1.59. The Morgan fingerprint density at radius 2 is 2.00 bits per heavy atom. The Kier molecular flexibility index (Phi) is 4.68. The maximum atomic E-state index is 11.8. The van der Waals surface area contributed by atoms with E-state index in [1.54, 1.807) is 24.5 Å². The summed E-state index contributed by atoms with van der Waals surface area (Å²) in [4.78, 5) is 11.8. The van der Waals surface area contributed by atoms with E-state index in [4.69, 9.17) is 42.2 Å². The van der Waals surface area contributed by atoms with E-state index in [1.807, 2.05) is 35.3 Å². The van der Waals surface area contributed by atoms with Gasteiger partial charge in [0.25, 0.3) is 0 Å². The summed E-state index contributed by atoms with van der Waals surface area (Å²) in [5.74, 6) is 0.894. The Morgan fingerprint density at radius 1 is 1.20 bits per heavy atom. The van der Waals surface area contributed by atoms with E-state index in [9.17, 15) is 4.79 Å². The van der Waals surface area contributed by atoms with Crippen molar-refractivity contribution in [3.63, 3.8) is 0 Å². The lowest BCUT2D eigenvalue weighted by Crippen LogP contribution is -2.33. The first-order valence-corrected chi connectivity index (χ1v) is 10.0. The fourth-order valence-electron chi connectivity index (χ4n) is 3.83. The van der Waals surface area contributed by atoms with Crippen LogP contribution in [0.15, 0.2) is 64.3 Å². The molecule has 2 atom stereocenters. The molecule has 0 bridgehead atoms. The normalized spacial score (nSPS) is 19.6. The minimum Gasteiger partial charge on any atom is -0.465 e. The number of carbonyl (C=O) groups excluding carboxylic acids is 1. The van der Waals surface area contributed by atoms with Gasteiger partial charge in [-0.25, -0.2) is 9.80 Å². The van der Waals surface area contributed by atoms with Crippen LogP contribution >= 0.6 is 23.2 Å². The first-order valence-electron chi connectivity index (χ1n) is 9.28. The molecule has 3 heterocycles. The highest BCUT2D eigenvalue weighted by Crippen LogP contribution is 2.50. The zero-order chi connectivity index (χ0) is 20.8. The van der Waals surface area contributed by atoms with E-state index >= 15 is 0 Å². The summed E-state index contributed by atoms with van der Waals surface area (Å²) >= 11 is 12.7. The molecule has 30 heavy (non-hydrogen) atoms. The van der Waals surface area contributed by atoms with Crippen LogP contribution in [0.25, 0.3) is 0 Å². The summed E-state index contributed by atoms with van der Waals surface area (Å²) in [5.41, 5.74) is 2.97. The molecule has 3 aromatic rings. The van der Waals surface area contributed by atoms with Gasteiger partial charge in [0.15, 0.2) is 0 Å². The fourth-order valence-corrected chi connectivity index (χ4v) is 4.38. The maximum Gasteiger partial charge on any atom is 0.337 e. The number of hydrazone groups is 1. The number of furan rings is 1. The average molecular weight is 443 g/mol. The summed E-state index contributed by atoms with van der Waals surface area (Å²) < 4.78 is 16.6. The van der Waals surface area contributed by atoms with Gasteiger partial charge in [-0.1, -0.05) is 35.3 Å². The van der Waals surface area contributed by atoms with E-state index in [0.717, 1.165) is 16.8 Å². The topological polar surface area (TPSA) is 64.3 Å². The van der Waals surface area contributed by atoms with Gasteiger partial charge in [-0.05, 0) is 36.4 Å². The van der Waals surface area contributed by atoms with Crippen LogP contribution in [-0.4, -0.2) is 23.8 Å². The molecule has 0 amide bonds. The van der Waals surface area contributed by atoms with Crippen molar-refractivity contribution in [2.24, 2.45) is 5.10 Å². The zero-order valence-corrected chi connectivity index (χ0v) is 17.4. The molecule has 2 aromatic carbocycles. The van der Waals surface area contributed by atoms with Crippen molar-refractivity contribution >= 4 is 34.9 Å². The minimum absolute atomic E-state index is 0.115. The SMILES string of the molecule is COC(=O)c1ccc([C@H]2Oc3c(Cl)cc(Cl)cc3[C@H]3CC(c4ccco4)=NN32)cc1. The quantitative estimate of drug-likeness (QED) is 0.492. The van der Waals surface area contributed by atoms with E-state index in [2.05, 4.69) is 0 Å². The molecule has 0 unspecified atom stereocenters. The lowest BCUT2D eigenvalue weighted by atomic mass is 9.97. The highest BCUT2D eigenvalue weighted by Gasteiger charge is 2.42. The van der Waals surface area contributed by atoms with Gasteiger partial charge in [-0.2, -0.15) is 5.10 Å². The third kappa shape index (κ3) is 3.13. The van der Waals surface area contributed by atoms with Gasteiger partial charge in [0.2, 0.25) is 6.23 Å². The van der Waals surface area contributed by atoms with Crippen LogP contribution in [-0.2, 0) is 4.74 Å². The predicted octanol–water partition coefficient (Wildman–Crippen LogP) is 5.62. The molecule has 0 saturated heterocycles. The number of benzene rings is 2. The standard InChI is InChI=1S/C22H16Cl2N2O4/c1-28-22(27)13-6-4-12(5-7-13)21-26-18(11-17(25-26)19-3-2-8-29-19)15-9-14(23)10-16(24)20(15)30-21/h2-10,18,21H,11H2,1H3/t18-,21-/m1/s1. The Labute approximate surface area is 182 Å². The molecule has 0 aliphatic carbocycles. The van der Waals surface area contributed by atoms with Crippen molar-refractivity contribution in [3.8, 4) is 5.75 Å². The molecule has 2 aliphatic heterocycles. The molecule has 2 aliphatic rings. The second-order valence-corrected chi connectivity index (χ2v) is 7.86. The number of nitrogens with zero attached hydrogens (tertiary/aromatic N) is 2. The molecule has 0 radical (unpaired) electrons. The van der Waals surface area contributed by atoms with Gasteiger partial charge in [0.05, 0.1) is 30.0 Å². The predicted molar refractivity (Wildman–Crippen MR) is 112 cm³/mol. The first kappa shape index (κ1) is 19.0.